The molecule has 1 aliphatic rings. The molecule has 0 saturated heterocycles. The Morgan fingerprint density at radius 3 is 1.53 bits per heavy atom. The lowest BCUT2D eigenvalue weighted by Crippen LogP contribution is -2.41. The van der Waals surface area contributed by atoms with Gasteiger partial charge in [-0.1, -0.05) is 169 Å². The molecule has 0 aliphatic heterocycles. The highest BCUT2D eigenvalue weighted by molar-refractivity contribution is 5.69. The summed E-state index contributed by atoms with van der Waals surface area (Å²) in [4.78, 5) is 12.5. The minimum absolute atomic E-state index is 0.0903. The first-order valence-electron chi connectivity index (χ1n) is 20.8. The second-order valence-electron chi connectivity index (χ2n) is 15.4. The highest BCUT2D eigenvalue weighted by Crippen LogP contribution is 2.28. The number of ether oxygens (including phenoxy) is 3. The minimum Gasteiger partial charge on any atom is -0.457 e. The zero-order chi connectivity index (χ0) is 36.1. The largest absolute Gasteiger partial charge is 0.457 e. The maximum Gasteiger partial charge on any atom is 0.306 e. The normalized spacial score (nSPS) is 22.7. The summed E-state index contributed by atoms with van der Waals surface area (Å²) in [7, 11) is 0. The molecule has 8 atom stereocenters. The lowest BCUT2D eigenvalue weighted by molar-refractivity contribution is -0.168. The smallest absolute Gasteiger partial charge is 0.306 e. The van der Waals surface area contributed by atoms with Gasteiger partial charge in [0.1, 0.15) is 30.5 Å². The summed E-state index contributed by atoms with van der Waals surface area (Å²) in [6.07, 6.45) is 22.2. The van der Waals surface area contributed by atoms with Crippen molar-refractivity contribution in [3.63, 3.8) is 0 Å². The average molecular weight is 701 g/mol. The molecule has 0 amide bonds. The fourth-order valence-electron chi connectivity index (χ4n) is 7.01. The van der Waals surface area contributed by atoms with Gasteiger partial charge in [0.05, 0.1) is 13.2 Å². The van der Waals surface area contributed by atoms with Crippen LogP contribution < -0.4 is 0 Å². The first kappa shape index (κ1) is 46.3. The molecule has 8 nitrogen and oxygen atoms in total. The van der Waals surface area contributed by atoms with Crippen LogP contribution in [0.25, 0.3) is 0 Å². The summed E-state index contributed by atoms with van der Waals surface area (Å²) >= 11 is 0. The van der Waals surface area contributed by atoms with Gasteiger partial charge >= 0.3 is 5.97 Å². The van der Waals surface area contributed by atoms with E-state index in [9.17, 15) is 25.2 Å². The summed E-state index contributed by atoms with van der Waals surface area (Å²) in [6.45, 7) is 9.76. The molecule has 1 rings (SSSR count). The number of esters is 1. The Morgan fingerprint density at radius 2 is 0.980 bits per heavy atom. The molecule has 0 radical (unpaired) electrons. The molecule has 8 heteroatoms. The van der Waals surface area contributed by atoms with Gasteiger partial charge in [-0.25, -0.2) is 0 Å². The van der Waals surface area contributed by atoms with Crippen molar-refractivity contribution in [3.8, 4) is 0 Å². The van der Waals surface area contributed by atoms with Crippen molar-refractivity contribution >= 4 is 5.97 Å². The Balaban J connectivity index is 2.11. The molecule has 1 saturated carbocycles. The lowest BCUT2D eigenvalue weighted by Gasteiger charge is -2.24. The van der Waals surface area contributed by atoms with Crippen molar-refractivity contribution in [1.82, 2.24) is 0 Å². The molecule has 0 aromatic heterocycles. The number of carbonyl (C=O) groups excluding carboxylic acids is 1. The Kier molecular flexibility index (Phi) is 29.1. The van der Waals surface area contributed by atoms with Crippen molar-refractivity contribution < 1.29 is 39.4 Å². The summed E-state index contributed by atoms with van der Waals surface area (Å²) < 4.78 is 16.8. The second kappa shape index (κ2) is 30.8. The van der Waals surface area contributed by atoms with Crippen LogP contribution in [0.2, 0.25) is 0 Å². The van der Waals surface area contributed by atoms with Crippen LogP contribution in [0.4, 0.5) is 0 Å². The fraction of sp³-hybridized carbons (Fsp3) is 0.976. The van der Waals surface area contributed by atoms with E-state index in [-0.39, 0.29) is 19.6 Å². The Morgan fingerprint density at radius 1 is 0.551 bits per heavy atom. The number of unbranched alkanes of at least 4 members (excludes halogenated alkanes) is 16. The van der Waals surface area contributed by atoms with Crippen molar-refractivity contribution in [1.29, 1.82) is 0 Å². The highest BCUT2D eigenvalue weighted by atomic mass is 16.6. The standard InChI is InChI=1S/C41H80O8/c1-5-7-9-20-26-34(4)28-21-15-11-10-14-18-24-30-47-31-35(42)32-48-40-38(45)37(44)39(46)41(40)49-36(43)29-23-17-13-12-16-22-27-33(3)25-19-8-6-2/h33-35,37-42,44-46H,5-32H2,1-4H3/t33?,34?,35?,37-,38-,39+,40+,41-/m0/s1. The lowest BCUT2D eigenvalue weighted by atomic mass is 9.96. The summed E-state index contributed by atoms with van der Waals surface area (Å²) in [5.41, 5.74) is 0. The van der Waals surface area contributed by atoms with Gasteiger partial charge in [-0.15, -0.1) is 0 Å². The van der Waals surface area contributed by atoms with Gasteiger partial charge < -0.3 is 34.6 Å². The van der Waals surface area contributed by atoms with Gasteiger partial charge in [-0.2, -0.15) is 0 Å². The number of hydrogen-bond acceptors (Lipinski definition) is 8. The van der Waals surface area contributed by atoms with E-state index in [0.29, 0.717) is 13.0 Å². The van der Waals surface area contributed by atoms with Crippen LogP contribution in [-0.4, -0.2) is 82.8 Å². The van der Waals surface area contributed by atoms with E-state index in [1.807, 2.05) is 0 Å². The van der Waals surface area contributed by atoms with Crippen LogP contribution in [0.5, 0.6) is 0 Å². The zero-order valence-corrected chi connectivity index (χ0v) is 32.3. The zero-order valence-electron chi connectivity index (χ0n) is 32.3. The molecule has 0 aromatic carbocycles. The average Bonchev–Trinajstić information content (AvgIpc) is 3.28. The van der Waals surface area contributed by atoms with Gasteiger partial charge in [0, 0.05) is 13.0 Å². The van der Waals surface area contributed by atoms with Crippen molar-refractivity contribution in [3.05, 3.63) is 0 Å². The number of hydrogen-bond donors (Lipinski definition) is 4. The topological polar surface area (TPSA) is 126 Å². The summed E-state index contributed by atoms with van der Waals surface area (Å²) in [5.74, 6) is 1.19. The molecule has 4 N–H and O–H groups in total. The third kappa shape index (κ3) is 23.4. The van der Waals surface area contributed by atoms with Crippen LogP contribution in [0.3, 0.4) is 0 Å². The molecule has 49 heavy (non-hydrogen) atoms. The fourth-order valence-corrected chi connectivity index (χ4v) is 7.01. The molecule has 1 aliphatic carbocycles. The SMILES string of the molecule is CCCCCCC(C)CCCCCCCCCOCC(O)CO[C@@H]1[C@@H](O)[C@H](O)[C@@H](O)[C@@H]1OC(=O)CCCCCCCCC(C)CCCCC. The third-order valence-electron chi connectivity index (χ3n) is 10.4. The molecule has 0 spiro atoms. The molecule has 0 bridgehead atoms. The molecule has 3 unspecified atom stereocenters. The van der Waals surface area contributed by atoms with Gasteiger partial charge in [0.15, 0.2) is 6.10 Å². The van der Waals surface area contributed by atoms with Crippen LogP contribution in [0.15, 0.2) is 0 Å². The maximum absolute atomic E-state index is 12.5. The molecular weight excluding hydrogens is 620 g/mol. The van der Waals surface area contributed by atoms with E-state index in [4.69, 9.17) is 14.2 Å². The molecular formula is C41H80O8. The van der Waals surface area contributed by atoms with E-state index >= 15 is 0 Å². The number of aliphatic hydroxyl groups excluding tert-OH is 4. The third-order valence-corrected chi connectivity index (χ3v) is 10.4. The van der Waals surface area contributed by atoms with E-state index in [0.717, 1.165) is 43.9 Å². The predicted octanol–water partition coefficient (Wildman–Crippen LogP) is 8.82. The number of rotatable bonds is 34. The van der Waals surface area contributed by atoms with E-state index < -0.39 is 42.6 Å². The Labute approximate surface area is 301 Å². The predicted molar refractivity (Wildman–Crippen MR) is 200 cm³/mol. The van der Waals surface area contributed by atoms with Gasteiger partial charge in [-0.05, 0) is 24.7 Å². The maximum atomic E-state index is 12.5. The number of carbonyl (C=O) groups is 1. The van der Waals surface area contributed by atoms with Crippen molar-refractivity contribution in [2.75, 3.05) is 19.8 Å². The van der Waals surface area contributed by atoms with Gasteiger partial charge in [0.25, 0.3) is 0 Å². The molecule has 0 heterocycles. The summed E-state index contributed by atoms with van der Waals surface area (Å²) in [6, 6.07) is 0. The Hall–Kier alpha value is -0.770. The van der Waals surface area contributed by atoms with Crippen LogP contribution in [0.1, 0.15) is 188 Å². The van der Waals surface area contributed by atoms with Gasteiger partial charge in [-0.3, -0.25) is 4.79 Å². The minimum atomic E-state index is -1.49. The highest BCUT2D eigenvalue weighted by Gasteiger charge is 2.52. The second-order valence-corrected chi connectivity index (χ2v) is 15.4. The van der Waals surface area contributed by atoms with Crippen molar-refractivity contribution in [2.24, 2.45) is 11.8 Å². The molecule has 0 aromatic rings. The van der Waals surface area contributed by atoms with Crippen molar-refractivity contribution in [2.45, 2.75) is 225 Å². The van der Waals surface area contributed by atoms with Crippen LogP contribution in [-0.2, 0) is 19.0 Å². The molecule has 1 fully saturated rings. The first-order chi connectivity index (χ1) is 23.7. The van der Waals surface area contributed by atoms with Crippen LogP contribution in [0, 0.1) is 11.8 Å². The van der Waals surface area contributed by atoms with Crippen LogP contribution >= 0.6 is 0 Å². The Bertz CT molecular complexity index is 751. The number of aliphatic hydroxyl groups is 4. The monoisotopic (exact) mass is 701 g/mol. The molecule has 292 valence electrons. The van der Waals surface area contributed by atoms with Gasteiger partial charge in [0.2, 0.25) is 0 Å². The first-order valence-corrected chi connectivity index (χ1v) is 20.8. The summed E-state index contributed by atoms with van der Waals surface area (Å²) in [5, 5.41) is 41.4. The van der Waals surface area contributed by atoms with E-state index in [1.54, 1.807) is 0 Å². The quantitative estimate of drug-likeness (QED) is 0.0388. The van der Waals surface area contributed by atoms with E-state index in [1.165, 1.54) is 116 Å². The van der Waals surface area contributed by atoms with E-state index in [2.05, 4.69) is 27.7 Å².